The zero-order valence-corrected chi connectivity index (χ0v) is 10.4. The summed E-state index contributed by atoms with van der Waals surface area (Å²) >= 11 is 0. The minimum atomic E-state index is -0.475. The van der Waals surface area contributed by atoms with E-state index in [4.69, 9.17) is 4.74 Å². The van der Waals surface area contributed by atoms with Crippen molar-refractivity contribution in [3.63, 3.8) is 0 Å². The molecule has 102 valence electrons. The molecule has 0 radical (unpaired) electrons. The summed E-state index contributed by atoms with van der Waals surface area (Å²) in [6, 6.07) is 5.60. The molecular formula is C12H14N2O5. The molecule has 1 aliphatic heterocycles. The van der Waals surface area contributed by atoms with Crippen LogP contribution in [0.3, 0.4) is 0 Å². The van der Waals surface area contributed by atoms with Crippen molar-refractivity contribution >= 4 is 11.7 Å². The number of non-ortho nitro benzene ring substituents is 1. The molecule has 1 aliphatic rings. The molecule has 0 amide bonds. The summed E-state index contributed by atoms with van der Waals surface area (Å²) in [6.07, 6.45) is 0.279. The monoisotopic (exact) mass is 266 g/mol. The predicted molar refractivity (Wildman–Crippen MR) is 65.9 cm³/mol. The molecule has 0 aliphatic carbocycles. The lowest BCUT2D eigenvalue weighted by molar-refractivity contribution is -0.384. The van der Waals surface area contributed by atoms with Crippen molar-refractivity contribution in [1.29, 1.82) is 0 Å². The summed E-state index contributed by atoms with van der Waals surface area (Å²) < 4.78 is 10.3. The van der Waals surface area contributed by atoms with Gasteiger partial charge in [-0.15, -0.1) is 0 Å². The number of hydrogen-bond donors (Lipinski definition) is 1. The van der Waals surface area contributed by atoms with E-state index in [2.05, 4.69) is 10.1 Å². The summed E-state index contributed by atoms with van der Waals surface area (Å²) in [6.45, 7) is 0.502. The lowest BCUT2D eigenvalue weighted by Gasteiger charge is -2.12. The Morgan fingerprint density at radius 3 is 3.00 bits per heavy atom. The molecule has 1 saturated heterocycles. The van der Waals surface area contributed by atoms with E-state index < -0.39 is 4.92 Å². The lowest BCUT2D eigenvalue weighted by Crippen LogP contribution is -2.31. The number of nitro benzene ring substituents is 1. The van der Waals surface area contributed by atoms with Gasteiger partial charge >= 0.3 is 5.97 Å². The maximum atomic E-state index is 11.3. The van der Waals surface area contributed by atoms with Crippen molar-refractivity contribution in [2.75, 3.05) is 13.7 Å². The molecule has 1 fully saturated rings. The van der Waals surface area contributed by atoms with Crippen LogP contribution in [0, 0.1) is 10.1 Å². The van der Waals surface area contributed by atoms with Gasteiger partial charge in [-0.05, 0) is 6.07 Å². The SMILES string of the molecule is COC(=O)[C@H]1C[C@@H](Oc2cccc([N+](=O)[O-])c2)CN1. The number of methoxy groups -OCH3 is 1. The molecule has 0 aromatic heterocycles. The van der Waals surface area contributed by atoms with Gasteiger partial charge in [-0.3, -0.25) is 14.9 Å². The van der Waals surface area contributed by atoms with E-state index in [9.17, 15) is 14.9 Å². The smallest absolute Gasteiger partial charge is 0.323 e. The first kappa shape index (κ1) is 13.3. The highest BCUT2D eigenvalue weighted by atomic mass is 16.6. The Labute approximate surface area is 109 Å². The molecular weight excluding hydrogens is 252 g/mol. The van der Waals surface area contributed by atoms with Gasteiger partial charge in [0.1, 0.15) is 17.9 Å². The van der Waals surface area contributed by atoms with Gasteiger partial charge < -0.3 is 14.8 Å². The van der Waals surface area contributed by atoms with Crippen LogP contribution in [0.25, 0.3) is 0 Å². The second kappa shape index (κ2) is 5.66. The van der Waals surface area contributed by atoms with Crippen molar-refractivity contribution in [2.45, 2.75) is 18.6 Å². The molecule has 0 bridgehead atoms. The number of rotatable bonds is 4. The number of hydrogen-bond acceptors (Lipinski definition) is 6. The van der Waals surface area contributed by atoms with Crippen LogP contribution in [-0.2, 0) is 9.53 Å². The van der Waals surface area contributed by atoms with E-state index >= 15 is 0 Å². The highest BCUT2D eigenvalue weighted by Crippen LogP contribution is 2.22. The summed E-state index contributed by atoms with van der Waals surface area (Å²) in [5.74, 6) is 0.0941. The highest BCUT2D eigenvalue weighted by Gasteiger charge is 2.31. The Morgan fingerprint density at radius 2 is 2.32 bits per heavy atom. The number of carbonyl (C=O) groups excluding carboxylic acids is 1. The highest BCUT2D eigenvalue weighted by molar-refractivity contribution is 5.76. The maximum absolute atomic E-state index is 11.3. The second-order valence-electron chi connectivity index (χ2n) is 4.21. The van der Waals surface area contributed by atoms with Crippen molar-refractivity contribution < 1.29 is 19.2 Å². The summed E-state index contributed by atoms with van der Waals surface area (Å²) in [5.41, 5.74) is -0.0204. The molecule has 19 heavy (non-hydrogen) atoms. The fraction of sp³-hybridized carbons (Fsp3) is 0.417. The molecule has 1 aromatic carbocycles. The number of ether oxygens (including phenoxy) is 2. The van der Waals surface area contributed by atoms with Crippen LogP contribution in [0.4, 0.5) is 5.69 Å². The van der Waals surface area contributed by atoms with Crippen LogP contribution in [0.2, 0.25) is 0 Å². The molecule has 1 aromatic rings. The van der Waals surface area contributed by atoms with Gasteiger partial charge in [0.2, 0.25) is 0 Å². The standard InChI is InChI=1S/C12H14N2O5/c1-18-12(15)11-6-10(7-13-11)19-9-4-2-3-8(5-9)14(16)17/h2-5,10-11,13H,6-7H2,1H3/t10-,11-/m1/s1. The minimum Gasteiger partial charge on any atom is -0.489 e. The molecule has 0 spiro atoms. The predicted octanol–water partition coefficient (Wildman–Crippen LogP) is 0.877. The Morgan fingerprint density at radius 1 is 1.53 bits per heavy atom. The van der Waals surface area contributed by atoms with E-state index in [1.165, 1.54) is 19.2 Å². The van der Waals surface area contributed by atoms with E-state index in [1.807, 2.05) is 0 Å². The second-order valence-corrected chi connectivity index (χ2v) is 4.21. The topological polar surface area (TPSA) is 90.7 Å². The van der Waals surface area contributed by atoms with Crippen molar-refractivity contribution in [1.82, 2.24) is 5.32 Å². The number of esters is 1. The number of nitrogens with zero attached hydrogens (tertiary/aromatic N) is 1. The average Bonchev–Trinajstić information content (AvgIpc) is 2.86. The Bertz CT molecular complexity index is 491. The van der Waals surface area contributed by atoms with Gasteiger partial charge in [-0.1, -0.05) is 6.07 Å². The van der Waals surface area contributed by atoms with Crippen molar-refractivity contribution in [3.8, 4) is 5.75 Å². The molecule has 0 saturated carbocycles. The molecule has 1 heterocycles. The quantitative estimate of drug-likeness (QED) is 0.494. The van der Waals surface area contributed by atoms with Crippen LogP contribution >= 0.6 is 0 Å². The molecule has 1 N–H and O–H groups in total. The van der Waals surface area contributed by atoms with E-state index in [-0.39, 0.29) is 23.8 Å². The first-order valence-electron chi connectivity index (χ1n) is 5.82. The molecule has 7 nitrogen and oxygen atoms in total. The van der Waals surface area contributed by atoms with Gasteiger partial charge in [0, 0.05) is 19.0 Å². The third-order valence-corrected chi connectivity index (χ3v) is 2.91. The molecule has 0 unspecified atom stereocenters. The van der Waals surface area contributed by atoms with E-state index in [0.717, 1.165) is 0 Å². The number of nitrogens with one attached hydrogen (secondary N) is 1. The van der Waals surface area contributed by atoms with Crippen LogP contribution in [0.5, 0.6) is 5.75 Å². The summed E-state index contributed by atoms with van der Waals surface area (Å²) in [7, 11) is 1.33. The number of benzene rings is 1. The van der Waals surface area contributed by atoms with Gasteiger partial charge in [-0.2, -0.15) is 0 Å². The third-order valence-electron chi connectivity index (χ3n) is 2.91. The van der Waals surface area contributed by atoms with E-state index in [1.54, 1.807) is 12.1 Å². The molecule has 7 heteroatoms. The third kappa shape index (κ3) is 3.19. The lowest BCUT2D eigenvalue weighted by atomic mass is 10.2. The molecule has 2 rings (SSSR count). The Hall–Kier alpha value is -2.15. The first-order chi connectivity index (χ1) is 9.10. The number of carbonyl (C=O) groups is 1. The van der Waals surface area contributed by atoms with Crippen LogP contribution in [0.15, 0.2) is 24.3 Å². The fourth-order valence-electron chi connectivity index (χ4n) is 1.98. The van der Waals surface area contributed by atoms with Gasteiger partial charge in [0.15, 0.2) is 0 Å². The van der Waals surface area contributed by atoms with Gasteiger partial charge in [0.25, 0.3) is 5.69 Å². The molecule has 2 atom stereocenters. The maximum Gasteiger partial charge on any atom is 0.323 e. The largest absolute Gasteiger partial charge is 0.489 e. The Kier molecular flexibility index (Phi) is 3.96. The van der Waals surface area contributed by atoms with Crippen LogP contribution in [-0.4, -0.2) is 36.7 Å². The summed E-state index contributed by atoms with van der Waals surface area (Å²) in [5, 5.41) is 13.6. The fourth-order valence-corrected chi connectivity index (χ4v) is 1.98. The minimum absolute atomic E-state index is 0.0204. The van der Waals surface area contributed by atoms with Gasteiger partial charge in [-0.25, -0.2) is 0 Å². The Balaban J connectivity index is 1.97. The van der Waals surface area contributed by atoms with Gasteiger partial charge in [0.05, 0.1) is 18.1 Å². The van der Waals surface area contributed by atoms with Crippen LogP contribution in [0.1, 0.15) is 6.42 Å². The zero-order chi connectivity index (χ0) is 13.8. The average molecular weight is 266 g/mol. The number of nitro groups is 1. The zero-order valence-electron chi connectivity index (χ0n) is 10.4. The first-order valence-corrected chi connectivity index (χ1v) is 5.82. The van der Waals surface area contributed by atoms with Crippen LogP contribution < -0.4 is 10.1 Å². The summed E-state index contributed by atoms with van der Waals surface area (Å²) in [4.78, 5) is 21.5. The normalized spacial score (nSPS) is 21.9. The van der Waals surface area contributed by atoms with Crippen molar-refractivity contribution in [2.24, 2.45) is 0 Å². The van der Waals surface area contributed by atoms with E-state index in [0.29, 0.717) is 18.7 Å². The van der Waals surface area contributed by atoms with Crippen molar-refractivity contribution in [3.05, 3.63) is 34.4 Å².